The maximum atomic E-state index is 12.2. The van der Waals surface area contributed by atoms with Crippen LogP contribution < -0.4 is 0 Å². The molecule has 0 N–H and O–H groups in total. The van der Waals surface area contributed by atoms with E-state index in [0.29, 0.717) is 13.0 Å². The minimum atomic E-state index is -0.472. The summed E-state index contributed by atoms with van der Waals surface area (Å²) >= 11 is 0. The van der Waals surface area contributed by atoms with Crippen molar-refractivity contribution in [1.29, 1.82) is 0 Å². The average Bonchev–Trinajstić information content (AvgIpc) is 2.92. The van der Waals surface area contributed by atoms with E-state index in [0.717, 1.165) is 6.42 Å². The lowest BCUT2D eigenvalue weighted by Crippen LogP contribution is -2.60. The van der Waals surface area contributed by atoms with Gasteiger partial charge >= 0.3 is 5.97 Å². The van der Waals surface area contributed by atoms with Crippen LogP contribution in [-0.2, 0) is 33.3 Å². The number of carbonyl (C=O) groups excluding carboxylic acids is 1. The number of rotatable bonds is 2. The number of methoxy groups -OCH3 is 2. The Labute approximate surface area is 142 Å². The van der Waals surface area contributed by atoms with Crippen molar-refractivity contribution in [2.75, 3.05) is 27.8 Å². The molecule has 0 bridgehead atoms. The summed E-state index contributed by atoms with van der Waals surface area (Å²) in [5.74, 6) is -0.320. The highest BCUT2D eigenvalue weighted by molar-refractivity contribution is 5.89. The predicted molar refractivity (Wildman–Crippen MR) is 91.9 cm³/mol. The van der Waals surface area contributed by atoms with Gasteiger partial charge in [0.25, 0.3) is 0 Å². The molecule has 2 aromatic rings. The van der Waals surface area contributed by atoms with E-state index >= 15 is 0 Å². The SMILES string of the molecule is COC(=O)[C@H]1CN(C)[C@@H]2Cc3cn(C)c4cccc(c34)[C@@]2(OC)C1. The molecular weight excluding hydrogens is 304 g/mol. The topological polar surface area (TPSA) is 43.7 Å². The lowest BCUT2D eigenvalue weighted by atomic mass is 9.68. The maximum Gasteiger partial charge on any atom is 0.310 e. The van der Waals surface area contributed by atoms with Gasteiger partial charge in [0.15, 0.2) is 0 Å². The summed E-state index contributed by atoms with van der Waals surface area (Å²) in [5, 5.41) is 1.29. The molecule has 1 fully saturated rings. The van der Waals surface area contributed by atoms with Gasteiger partial charge < -0.3 is 14.0 Å². The Hall–Kier alpha value is -1.85. The van der Waals surface area contributed by atoms with Gasteiger partial charge in [-0.2, -0.15) is 0 Å². The zero-order valence-electron chi connectivity index (χ0n) is 14.7. The third-order valence-corrected chi connectivity index (χ3v) is 5.99. The summed E-state index contributed by atoms with van der Waals surface area (Å²) in [6.07, 6.45) is 3.83. The summed E-state index contributed by atoms with van der Waals surface area (Å²) in [5.41, 5.74) is 3.32. The normalized spacial score (nSPS) is 29.5. The van der Waals surface area contributed by atoms with Gasteiger partial charge in [0.05, 0.1) is 13.0 Å². The Bertz CT molecular complexity index is 812. The lowest BCUT2D eigenvalue weighted by Gasteiger charge is -2.52. The van der Waals surface area contributed by atoms with Gasteiger partial charge in [0.2, 0.25) is 0 Å². The van der Waals surface area contributed by atoms with Crippen LogP contribution in [0.25, 0.3) is 10.9 Å². The molecular formula is C19H24N2O3. The fourth-order valence-electron chi connectivity index (χ4n) is 4.92. The van der Waals surface area contributed by atoms with Gasteiger partial charge in [0.1, 0.15) is 5.60 Å². The smallest absolute Gasteiger partial charge is 0.310 e. The van der Waals surface area contributed by atoms with Crippen LogP contribution in [0.4, 0.5) is 0 Å². The van der Waals surface area contributed by atoms with Gasteiger partial charge in [-0.15, -0.1) is 0 Å². The molecule has 128 valence electrons. The molecule has 24 heavy (non-hydrogen) atoms. The first-order valence-corrected chi connectivity index (χ1v) is 8.42. The van der Waals surface area contributed by atoms with Crippen molar-refractivity contribution >= 4 is 16.9 Å². The Kier molecular flexibility index (Phi) is 3.48. The molecule has 0 saturated carbocycles. The number of likely N-dealkylation sites (N-methyl/N-ethyl adjacent to an activating group) is 1. The van der Waals surface area contributed by atoms with Crippen LogP contribution in [0.1, 0.15) is 17.5 Å². The van der Waals surface area contributed by atoms with Crippen LogP contribution in [0.2, 0.25) is 0 Å². The molecule has 1 aliphatic heterocycles. The van der Waals surface area contributed by atoms with E-state index in [-0.39, 0.29) is 17.9 Å². The van der Waals surface area contributed by atoms with Crippen molar-refractivity contribution in [1.82, 2.24) is 9.47 Å². The first-order valence-electron chi connectivity index (χ1n) is 8.42. The number of aromatic nitrogens is 1. The zero-order chi connectivity index (χ0) is 17.1. The number of esters is 1. The first-order chi connectivity index (χ1) is 11.5. The number of nitrogens with zero attached hydrogens (tertiary/aromatic N) is 2. The molecule has 1 aliphatic carbocycles. The highest BCUT2D eigenvalue weighted by Crippen LogP contribution is 2.49. The van der Waals surface area contributed by atoms with Crippen molar-refractivity contribution in [2.24, 2.45) is 13.0 Å². The first kappa shape index (κ1) is 15.7. The molecule has 2 heterocycles. The van der Waals surface area contributed by atoms with Crippen LogP contribution in [0.5, 0.6) is 0 Å². The van der Waals surface area contributed by atoms with E-state index < -0.39 is 5.60 Å². The number of piperidine rings is 1. The zero-order valence-corrected chi connectivity index (χ0v) is 14.7. The van der Waals surface area contributed by atoms with Crippen LogP contribution >= 0.6 is 0 Å². The molecule has 0 spiro atoms. The van der Waals surface area contributed by atoms with Crippen LogP contribution in [-0.4, -0.2) is 49.3 Å². The third-order valence-electron chi connectivity index (χ3n) is 5.99. The number of benzene rings is 1. The van der Waals surface area contributed by atoms with Gasteiger partial charge in [-0.1, -0.05) is 12.1 Å². The van der Waals surface area contributed by atoms with E-state index in [4.69, 9.17) is 9.47 Å². The molecule has 0 radical (unpaired) electrons. The molecule has 4 rings (SSSR count). The van der Waals surface area contributed by atoms with E-state index in [2.05, 4.69) is 48.0 Å². The number of fused-ring (bicyclic) bond motifs is 2. The second-order valence-electron chi connectivity index (χ2n) is 7.14. The summed E-state index contributed by atoms with van der Waals surface area (Å²) in [4.78, 5) is 14.5. The summed E-state index contributed by atoms with van der Waals surface area (Å²) in [6.45, 7) is 0.709. The van der Waals surface area contributed by atoms with Crippen LogP contribution in [0.3, 0.4) is 0 Å². The number of likely N-dealkylation sites (tertiary alicyclic amines) is 1. The summed E-state index contributed by atoms with van der Waals surface area (Å²) in [7, 11) is 7.41. The van der Waals surface area contributed by atoms with Crippen molar-refractivity contribution < 1.29 is 14.3 Å². The van der Waals surface area contributed by atoms with Crippen LogP contribution in [0, 0.1) is 5.92 Å². The molecule has 1 saturated heterocycles. The van der Waals surface area contributed by atoms with Crippen LogP contribution in [0.15, 0.2) is 24.4 Å². The fraction of sp³-hybridized carbons (Fsp3) is 0.526. The fourth-order valence-corrected chi connectivity index (χ4v) is 4.92. The highest BCUT2D eigenvalue weighted by atomic mass is 16.5. The van der Waals surface area contributed by atoms with E-state index in [1.807, 2.05) is 0 Å². The highest BCUT2D eigenvalue weighted by Gasteiger charge is 2.53. The maximum absolute atomic E-state index is 12.2. The van der Waals surface area contributed by atoms with Gasteiger partial charge in [0, 0.05) is 43.8 Å². The lowest BCUT2D eigenvalue weighted by molar-refractivity contribution is -0.163. The second-order valence-corrected chi connectivity index (χ2v) is 7.14. The largest absolute Gasteiger partial charge is 0.469 e. The van der Waals surface area contributed by atoms with Crippen molar-refractivity contribution in [3.05, 3.63) is 35.5 Å². The third kappa shape index (κ3) is 1.91. The molecule has 5 heteroatoms. The Balaban J connectivity index is 1.93. The quantitative estimate of drug-likeness (QED) is 0.792. The molecule has 1 aromatic carbocycles. The molecule has 1 aromatic heterocycles. The Morgan fingerprint density at radius 1 is 1.29 bits per heavy atom. The minimum Gasteiger partial charge on any atom is -0.469 e. The molecule has 2 aliphatic rings. The van der Waals surface area contributed by atoms with E-state index in [1.54, 1.807) is 7.11 Å². The predicted octanol–water partition coefficient (Wildman–Crippen LogP) is 2.07. The van der Waals surface area contributed by atoms with Gasteiger partial charge in [-0.25, -0.2) is 0 Å². The minimum absolute atomic E-state index is 0.150. The standard InChI is InChI=1S/C19H24N2O3/c1-20-10-12-8-16-19(24-4,14-6-5-7-15(20)17(12)14)9-13(11-21(16)2)18(22)23-3/h5-7,10,13,16H,8-9,11H2,1-4H3/t13-,16-,19+/m1/s1. The van der Waals surface area contributed by atoms with Crippen molar-refractivity contribution in [2.45, 2.75) is 24.5 Å². The number of ether oxygens (including phenoxy) is 2. The number of hydrogen-bond donors (Lipinski definition) is 0. The number of hydrogen-bond acceptors (Lipinski definition) is 4. The van der Waals surface area contributed by atoms with Gasteiger partial charge in [-0.3, -0.25) is 9.69 Å². The monoisotopic (exact) mass is 328 g/mol. The molecule has 5 nitrogen and oxygen atoms in total. The second kappa shape index (κ2) is 5.33. The molecule has 0 amide bonds. The average molecular weight is 328 g/mol. The molecule has 3 atom stereocenters. The van der Waals surface area contributed by atoms with Crippen molar-refractivity contribution in [3.63, 3.8) is 0 Å². The number of carbonyl (C=O) groups is 1. The van der Waals surface area contributed by atoms with Gasteiger partial charge in [-0.05, 0) is 37.1 Å². The Morgan fingerprint density at radius 2 is 2.08 bits per heavy atom. The van der Waals surface area contributed by atoms with Crippen molar-refractivity contribution in [3.8, 4) is 0 Å². The van der Waals surface area contributed by atoms with E-state index in [1.165, 1.54) is 29.1 Å². The van der Waals surface area contributed by atoms with E-state index in [9.17, 15) is 4.79 Å². The number of aryl methyl sites for hydroxylation is 1. The summed E-state index contributed by atoms with van der Waals surface area (Å²) < 4.78 is 13.4. The Morgan fingerprint density at radius 3 is 2.79 bits per heavy atom. The summed E-state index contributed by atoms with van der Waals surface area (Å²) in [6, 6.07) is 6.63. The molecule has 0 unspecified atom stereocenters.